The van der Waals surface area contributed by atoms with Crippen molar-refractivity contribution in [2.75, 3.05) is 6.79 Å². The molecule has 0 unspecified atom stereocenters. The minimum Gasteiger partial charge on any atom is -0.438 e. The molecule has 3 nitrogen and oxygen atoms in total. The summed E-state index contributed by atoms with van der Waals surface area (Å²) in [5.41, 5.74) is -0.0872. The van der Waals surface area contributed by atoms with Crippen molar-refractivity contribution < 1.29 is 14.3 Å². The van der Waals surface area contributed by atoms with Crippen molar-refractivity contribution in [2.24, 2.45) is 40.9 Å². The van der Waals surface area contributed by atoms with Crippen molar-refractivity contribution in [1.29, 1.82) is 0 Å². The molecule has 138 valence electrons. The molecule has 0 radical (unpaired) electrons. The average Bonchev–Trinajstić information content (AvgIpc) is 2.52. The fraction of sp³-hybridized carbons (Fsp3) is 0.955. The molecule has 0 spiro atoms. The first-order valence-corrected chi connectivity index (χ1v) is 10.9. The van der Waals surface area contributed by atoms with Crippen LogP contribution in [0.2, 0.25) is 0 Å². The van der Waals surface area contributed by atoms with Crippen LogP contribution in [-0.4, -0.2) is 18.4 Å². The van der Waals surface area contributed by atoms with Gasteiger partial charge in [-0.2, -0.15) is 0 Å². The van der Waals surface area contributed by atoms with Gasteiger partial charge in [0.25, 0.3) is 0 Å². The summed E-state index contributed by atoms with van der Waals surface area (Å²) in [6.45, 7) is 0.215. The van der Waals surface area contributed by atoms with Crippen molar-refractivity contribution in [1.82, 2.24) is 0 Å². The van der Waals surface area contributed by atoms with Crippen LogP contribution in [0.5, 0.6) is 0 Å². The van der Waals surface area contributed by atoms with Gasteiger partial charge in [-0.1, -0.05) is 0 Å². The minimum absolute atomic E-state index is 0.0521. The first-order chi connectivity index (χ1) is 12.1. The van der Waals surface area contributed by atoms with Crippen molar-refractivity contribution in [3.63, 3.8) is 0 Å². The smallest absolute Gasteiger partial charge is 0.314 e. The maximum Gasteiger partial charge on any atom is 0.314 e. The highest BCUT2D eigenvalue weighted by atomic mass is 16.7. The Hall–Kier alpha value is -0.570. The van der Waals surface area contributed by atoms with Gasteiger partial charge < -0.3 is 9.47 Å². The normalized spacial score (nSPS) is 54.9. The third kappa shape index (κ3) is 2.44. The van der Waals surface area contributed by atoms with Crippen LogP contribution in [0.4, 0.5) is 0 Å². The summed E-state index contributed by atoms with van der Waals surface area (Å²) in [4.78, 5) is 13.0. The Morgan fingerprint density at radius 1 is 0.680 bits per heavy atom. The molecule has 0 N–H and O–H groups in total. The first kappa shape index (κ1) is 15.5. The van der Waals surface area contributed by atoms with E-state index in [-0.39, 0.29) is 23.8 Å². The van der Waals surface area contributed by atoms with Crippen molar-refractivity contribution in [2.45, 2.75) is 82.7 Å². The molecule has 8 fully saturated rings. The number of carbonyl (C=O) groups excluding carboxylic acids is 1. The van der Waals surface area contributed by atoms with E-state index in [0.29, 0.717) is 0 Å². The standard InChI is InChI=1S/C22H32O3/c23-20(21-7-14-1-15(8-21)3-16(2-14)9-21)24-13-25-22-10-17-4-18(11-22)6-19(5-17)12-22/h14-19H,1-13H2. The Bertz CT molecular complexity index is 509. The summed E-state index contributed by atoms with van der Waals surface area (Å²) in [5.74, 6) is 5.10. The molecule has 8 bridgehead atoms. The Balaban J connectivity index is 1.10. The van der Waals surface area contributed by atoms with Gasteiger partial charge in [0.05, 0.1) is 11.0 Å². The molecule has 0 heterocycles. The second kappa shape index (κ2) is 5.24. The summed E-state index contributed by atoms with van der Waals surface area (Å²) in [7, 11) is 0. The molecule has 8 aliphatic carbocycles. The zero-order valence-corrected chi connectivity index (χ0v) is 15.4. The summed E-state index contributed by atoms with van der Waals surface area (Å²) < 4.78 is 12.1. The van der Waals surface area contributed by atoms with Gasteiger partial charge in [-0.25, -0.2) is 0 Å². The zero-order chi connectivity index (χ0) is 16.6. The van der Waals surface area contributed by atoms with E-state index in [1.165, 1.54) is 57.8 Å². The van der Waals surface area contributed by atoms with Crippen molar-refractivity contribution in [3.05, 3.63) is 0 Å². The first-order valence-electron chi connectivity index (χ1n) is 10.9. The van der Waals surface area contributed by atoms with Crippen LogP contribution < -0.4 is 0 Å². The average molecular weight is 344 g/mol. The SMILES string of the molecule is O=C(OCOC12CC3CC(CC(C3)C1)C2)C12CC3CC(CC(C3)C1)C2. The molecule has 3 heteroatoms. The van der Waals surface area contributed by atoms with Gasteiger partial charge in [0.2, 0.25) is 0 Å². The number of hydrogen-bond acceptors (Lipinski definition) is 3. The number of carbonyl (C=O) groups is 1. The van der Waals surface area contributed by atoms with Gasteiger partial charge in [-0.3, -0.25) is 4.79 Å². The topological polar surface area (TPSA) is 35.5 Å². The van der Waals surface area contributed by atoms with Gasteiger partial charge in [0.15, 0.2) is 6.79 Å². The Morgan fingerprint density at radius 2 is 1.08 bits per heavy atom. The molecular formula is C22H32O3. The van der Waals surface area contributed by atoms with Crippen LogP contribution in [0.1, 0.15) is 77.0 Å². The monoisotopic (exact) mass is 344 g/mol. The van der Waals surface area contributed by atoms with E-state index in [1.54, 1.807) is 0 Å². The van der Waals surface area contributed by atoms with E-state index in [4.69, 9.17) is 9.47 Å². The van der Waals surface area contributed by atoms with E-state index in [9.17, 15) is 4.79 Å². The summed E-state index contributed by atoms with van der Waals surface area (Å²) >= 11 is 0. The van der Waals surface area contributed by atoms with E-state index in [2.05, 4.69) is 0 Å². The number of rotatable bonds is 4. The highest BCUT2D eigenvalue weighted by Gasteiger charge is 2.56. The van der Waals surface area contributed by atoms with Gasteiger partial charge in [-0.05, 0) is 113 Å². The van der Waals surface area contributed by atoms with Crippen LogP contribution in [0.15, 0.2) is 0 Å². The van der Waals surface area contributed by atoms with Crippen LogP contribution in [-0.2, 0) is 14.3 Å². The fourth-order valence-corrected chi connectivity index (χ4v) is 8.93. The Labute approximate surface area is 151 Å². The molecule has 25 heavy (non-hydrogen) atoms. The summed E-state index contributed by atoms with van der Waals surface area (Å²) in [6.07, 6.45) is 15.3. The third-order valence-corrected chi connectivity index (χ3v) is 9.01. The molecule has 0 aromatic rings. The van der Waals surface area contributed by atoms with Crippen LogP contribution >= 0.6 is 0 Å². The van der Waals surface area contributed by atoms with E-state index in [1.807, 2.05) is 0 Å². The quantitative estimate of drug-likeness (QED) is 0.548. The molecule has 0 saturated heterocycles. The number of esters is 1. The predicted molar refractivity (Wildman–Crippen MR) is 93.6 cm³/mol. The Morgan fingerprint density at radius 3 is 1.52 bits per heavy atom. The minimum atomic E-state index is -0.139. The van der Waals surface area contributed by atoms with Crippen LogP contribution in [0.25, 0.3) is 0 Å². The second-order valence-corrected chi connectivity index (χ2v) is 11.0. The van der Waals surface area contributed by atoms with E-state index in [0.717, 1.165) is 54.8 Å². The van der Waals surface area contributed by atoms with Crippen molar-refractivity contribution in [3.8, 4) is 0 Å². The predicted octanol–water partition coefficient (Wildman–Crippen LogP) is 4.69. The summed E-state index contributed by atoms with van der Waals surface area (Å²) in [6, 6.07) is 0. The largest absolute Gasteiger partial charge is 0.438 e. The molecule has 0 aromatic heterocycles. The van der Waals surface area contributed by atoms with Crippen LogP contribution in [0, 0.1) is 40.9 Å². The molecule has 0 atom stereocenters. The highest BCUT2D eigenvalue weighted by Crippen LogP contribution is 2.61. The zero-order valence-electron chi connectivity index (χ0n) is 15.4. The number of ether oxygens (including phenoxy) is 2. The van der Waals surface area contributed by atoms with E-state index >= 15 is 0 Å². The molecule has 0 amide bonds. The highest BCUT2D eigenvalue weighted by molar-refractivity contribution is 5.77. The lowest BCUT2D eigenvalue weighted by molar-refractivity contribution is -0.220. The summed E-state index contributed by atoms with van der Waals surface area (Å²) in [5, 5.41) is 0. The van der Waals surface area contributed by atoms with Crippen LogP contribution in [0.3, 0.4) is 0 Å². The third-order valence-electron chi connectivity index (χ3n) is 9.01. The molecule has 8 saturated carbocycles. The molecule has 0 aliphatic heterocycles. The van der Waals surface area contributed by atoms with Gasteiger partial charge in [0.1, 0.15) is 0 Å². The van der Waals surface area contributed by atoms with Crippen molar-refractivity contribution >= 4 is 5.97 Å². The Kier molecular flexibility index (Phi) is 3.25. The lowest BCUT2D eigenvalue weighted by atomic mass is 9.49. The molecule has 0 aromatic carbocycles. The lowest BCUT2D eigenvalue weighted by Crippen LogP contribution is -2.53. The second-order valence-electron chi connectivity index (χ2n) is 11.0. The number of hydrogen-bond donors (Lipinski definition) is 0. The molecule has 8 aliphatic rings. The lowest BCUT2D eigenvalue weighted by Gasteiger charge is -2.56. The van der Waals surface area contributed by atoms with Gasteiger partial charge in [0, 0.05) is 0 Å². The van der Waals surface area contributed by atoms with Gasteiger partial charge in [-0.15, -0.1) is 0 Å². The maximum absolute atomic E-state index is 13.0. The van der Waals surface area contributed by atoms with Gasteiger partial charge >= 0.3 is 5.97 Å². The fourth-order valence-electron chi connectivity index (χ4n) is 8.93. The maximum atomic E-state index is 13.0. The molecular weight excluding hydrogens is 312 g/mol. The molecule has 8 rings (SSSR count). The van der Waals surface area contributed by atoms with E-state index < -0.39 is 0 Å².